The predicted molar refractivity (Wildman–Crippen MR) is 87.8 cm³/mol. The third kappa shape index (κ3) is 2.40. The molecule has 0 saturated carbocycles. The number of rotatable bonds is 2. The van der Waals surface area contributed by atoms with E-state index in [9.17, 15) is 4.79 Å². The van der Waals surface area contributed by atoms with E-state index in [2.05, 4.69) is 33.0 Å². The third-order valence-electron chi connectivity index (χ3n) is 3.07. The van der Waals surface area contributed by atoms with Gasteiger partial charge in [-0.2, -0.15) is 5.10 Å². The Bertz CT molecular complexity index is 777. The van der Waals surface area contributed by atoms with Crippen LogP contribution in [0.15, 0.2) is 48.5 Å². The minimum atomic E-state index is -0.192. The van der Waals surface area contributed by atoms with Crippen molar-refractivity contribution in [2.24, 2.45) is 7.05 Å². The lowest BCUT2D eigenvalue weighted by atomic mass is 10.2. The molecule has 5 heteroatoms. The van der Waals surface area contributed by atoms with Gasteiger partial charge in [-0.1, -0.05) is 18.2 Å². The van der Waals surface area contributed by atoms with Crippen LogP contribution >= 0.6 is 22.6 Å². The number of hydrogen-bond acceptors (Lipinski definition) is 2. The monoisotopic (exact) mass is 377 g/mol. The van der Waals surface area contributed by atoms with Crippen molar-refractivity contribution in [2.75, 3.05) is 5.32 Å². The molecule has 0 atom stereocenters. The molecule has 0 radical (unpaired) electrons. The number of nitrogens with one attached hydrogen (secondary N) is 1. The Labute approximate surface area is 129 Å². The number of aromatic nitrogens is 2. The normalized spacial score (nSPS) is 10.7. The van der Waals surface area contributed by atoms with Gasteiger partial charge in [0.2, 0.25) is 0 Å². The summed E-state index contributed by atoms with van der Waals surface area (Å²) in [6, 6.07) is 15.4. The summed E-state index contributed by atoms with van der Waals surface area (Å²) in [6.07, 6.45) is 0. The number of aryl methyl sites for hydroxylation is 1. The Morgan fingerprint density at radius 2 is 1.85 bits per heavy atom. The van der Waals surface area contributed by atoms with Gasteiger partial charge < -0.3 is 5.32 Å². The first-order valence-electron chi connectivity index (χ1n) is 6.14. The Balaban J connectivity index is 1.95. The van der Waals surface area contributed by atoms with Gasteiger partial charge in [-0.3, -0.25) is 9.48 Å². The molecule has 0 fully saturated rings. The average Bonchev–Trinajstić information content (AvgIpc) is 2.79. The Kier molecular flexibility index (Phi) is 3.43. The van der Waals surface area contributed by atoms with Gasteiger partial charge in [0.1, 0.15) is 0 Å². The molecule has 4 nitrogen and oxygen atoms in total. The Hall–Kier alpha value is -1.89. The molecule has 3 rings (SSSR count). The van der Waals surface area contributed by atoms with Crippen molar-refractivity contribution < 1.29 is 4.79 Å². The van der Waals surface area contributed by atoms with Crippen molar-refractivity contribution in [2.45, 2.75) is 0 Å². The standard InChI is InChI=1S/C15H12IN3O/c1-19-13-5-3-2-4-12(13)14(18-19)15(20)17-11-8-6-10(16)7-9-11/h2-9H,1H3,(H,17,20). The van der Waals surface area contributed by atoms with Crippen LogP contribution < -0.4 is 5.32 Å². The van der Waals surface area contributed by atoms with Crippen molar-refractivity contribution >= 4 is 45.1 Å². The van der Waals surface area contributed by atoms with E-state index in [4.69, 9.17) is 0 Å². The molecular formula is C15H12IN3O. The highest BCUT2D eigenvalue weighted by Gasteiger charge is 2.15. The molecule has 1 heterocycles. The summed E-state index contributed by atoms with van der Waals surface area (Å²) < 4.78 is 2.85. The van der Waals surface area contributed by atoms with Crippen LogP contribution in [0.25, 0.3) is 10.9 Å². The zero-order valence-electron chi connectivity index (χ0n) is 10.8. The largest absolute Gasteiger partial charge is 0.321 e. The lowest BCUT2D eigenvalue weighted by Crippen LogP contribution is -2.13. The summed E-state index contributed by atoms with van der Waals surface area (Å²) in [5.74, 6) is -0.192. The second kappa shape index (κ2) is 5.24. The van der Waals surface area contributed by atoms with E-state index in [0.717, 1.165) is 20.2 Å². The third-order valence-corrected chi connectivity index (χ3v) is 3.79. The molecule has 0 bridgehead atoms. The van der Waals surface area contributed by atoms with Crippen LogP contribution in [0, 0.1) is 3.57 Å². The van der Waals surface area contributed by atoms with E-state index in [1.54, 1.807) is 4.68 Å². The number of halogens is 1. The number of anilines is 1. The average molecular weight is 377 g/mol. The van der Waals surface area contributed by atoms with Crippen LogP contribution in [-0.4, -0.2) is 15.7 Å². The highest BCUT2D eigenvalue weighted by atomic mass is 127. The second-order valence-corrected chi connectivity index (χ2v) is 5.70. The molecule has 0 saturated heterocycles. The fourth-order valence-corrected chi connectivity index (χ4v) is 2.46. The van der Waals surface area contributed by atoms with Gasteiger partial charge in [-0.15, -0.1) is 0 Å². The van der Waals surface area contributed by atoms with Gasteiger partial charge in [0.15, 0.2) is 5.69 Å². The van der Waals surface area contributed by atoms with E-state index in [1.165, 1.54) is 0 Å². The minimum Gasteiger partial charge on any atom is -0.321 e. The molecule has 2 aromatic carbocycles. The molecule has 0 aliphatic rings. The SMILES string of the molecule is Cn1nc(C(=O)Nc2ccc(I)cc2)c2ccccc21. The number of hydrogen-bond donors (Lipinski definition) is 1. The molecule has 0 aliphatic heterocycles. The summed E-state index contributed by atoms with van der Waals surface area (Å²) in [5.41, 5.74) is 2.16. The Morgan fingerprint density at radius 1 is 1.15 bits per heavy atom. The molecule has 20 heavy (non-hydrogen) atoms. The lowest BCUT2D eigenvalue weighted by Gasteiger charge is -2.03. The first kappa shape index (κ1) is 13.1. The second-order valence-electron chi connectivity index (χ2n) is 4.45. The summed E-state index contributed by atoms with van der Waals surface area (Å²) >= 11 is 2.23. The van der Waals surface area contributed by atoms with Crippen molar-refractivity contribution in [3.8, 4) is 0 Å². The van der Waals surface area contributed by atoms with Gasteiger partial charge in [0, 0.05) is 21.7 Å². The van der Waals surface area contributed by atoms with Crippen LogP contribution in [0.2, 0.25) is 0 Å². The first-order valence-corrected chi connectivity index (χ1v) is 7.22. The van der Waals surface area contributed by atoms with E-state index in [1.807, 2.05) is 55.6 Å². The lowest BCUT2D eigenvalue weighted by molar-refractivity contribution is 0.102. The summed E-state index contributed by atoms with van der Waals surface area (Å²) in [6.45, 7) is 0. The number of nitrogens with zero attached hydrogens (tertiary/aromatic N) is 2. The highest BCUT2D eigenvalue weighted by Crippen LogP contribution is 2.19. The number of benzene rings is 2. The molecular weight excluding hydrogens is 365 g/mol. The van der Waals surface area contributed by atoms with Gasteiger partial charge in [0.05, 0.1) is 5.52 Å². The minimum absolute atomic E-state index is 0.192. The van der Waals surface area contributed by atoms with E-state index in [-0.39, 0.29) is 5.91 Å². The molecule has 1 aromatic heterocycles. The van der Waals surface area contributed by atoms with Crippen LogP contribution in [0.1, 0.15) is 10.5 Å². The quantitative estimate of drug-likeness (QED) is 0.696. The van der Waals surface area contributed by atoms with Crippen LogP contribution in [0.5, 0.6) is 0 Å². The first-order chi connectivity index (χ1) is 9.65. The maximum absolute atomic E-state index is 12.3. The van der Waals surface area contributed by atoms with Gasteiger partial charge in [-0.05, 0) is 52.9 Å². The number of carbonyl (C=O) groups is 1. The van der Waals surface area contributed by atoms with E-state index >= 15 is 0 Å². The van der Waals surface area contributed by atoms with Gasteiger partial charge in [-0.25, -0.2) is 0 Å². The van der Waals surface area contributed by atoms with Crippen molar-refractivity contribution in [3.05, 3.63) is 57.8 Å². The zero-order valence-corrected chi connectivity index (χ0v) is 13.0. The van der Waals surface area contributed by atoms with Crippen molar-refractivity contribution in [1.29, 1.82) is 0 Å². The molecule has 0 spiro atoms. The van der Waals surface area contributed by atoms with Gasteiger partial charge >= 0.3 is 0 Å². The van der Waals surface area contributed by atoms with E-state index in [0.29, 0.717) is 5.69 Å². The van der Waals surface area contributed by atoms with Crippen molar-refractivity contribution in [3.63, 3.8) is 0 Å². The van der Waals surface area contributed by atoms with Crippen molar-refractivity contribution in [1.82, 2.24) is 9.78 Å². The van der Waals surface area contributed by atoms with Crippen LogP contribution in [0.3, 0.4) is 0 Å². The summed E-state index contributed by atoms with van der Waals surface area (Å²) in [5, 5.41) is 8.04. The summed E-state index contributed by atoms with van der Waals surface area (Å²) in [7, 11) is 1.84. The van der Waals surface area contributed by atoms with Crippen LogP contribution in [0.4, 0.5) is 5.69 Å². The number of carbonyl (C=O) groups excluding carboxylic acids is 1. The zero-order chi connectivity index (χ0) is 14.1. The predicted octanol–water partition coefficient (Wildman–Crippen LogP) is 3.43. The smallest absolute Gasteiger partial charge is 0.276 e. The Morgan fingerprint density at radius 3 is 2.60 bits per heavy atom. The maximum atomic E-state index is 12.3. The molecule has 1 N–H and O–H groups in total. The fraction of sp³-hybridized carbons (Fsp3) is 0.0667. The molecule has 1 amide bonds. The summed E-state index contributed by atoms with van der Waals surface area (Å²) in [4.78, 5) is 12.3. The van der Waals surface area contributed by atoms with Crippen LogP contribution in [-0.2, 0) is 7.05 Å². The highest BCUT2D eigenvalue weighted by molar-refractivity contribution is 14.1. The number of para-hydroxylation sites is 1. The van der Waals surface area contributed by atoms with E-state index < -0.39 is 0 Å². The molecule has 0 unspecified atom stereocenters. The molecule has 100 valence electrons. The topological polar surface area (TPSA) is 46.9 Å². The number of fused-ring (bicyclic) bond motifs is 1. The molecule has 0 aliphatic carbocycles. The molecule has 3 aromatic rings. The maximum Gasteiger partial charge on any atom is 0.276 e. The fourth-order valence-electron chi connectivity index (χ4n) is 2.11. The number of amides is 1. The van der Waals surface area contributed by atoms with Gasteiger partial charge in [0.25, 0.3) is 5.91 Å².